The number of nitrogens with one attached hydrogen (secondary N) is 1. The lowest BCUT2D eigenvalue weighted by Gasteiger charge is -2.26. The van der Waals surface area contributed by atoms with Crippen molar-refractivity contribution in [3.63, 3.8) is 0 Å². The van der Waals surface area contributed by atoms with Crippen LogP contribution in [-0.2, 0) is 0 Å². The molecule has 62 valence electrons. The predicted molar refractivity (Wildman–Crippen MR) is 45.1 cm³/mol. The molecule has 11 heavy (non-hydrogen) atoms. The molecule has 0 radical (unpaired) electrons. The fraction of sp³-hybridized carbons (Fsp3) is 0.778. The van der Waals surface area contributed by atoms with Gasteiger partial charge in [-0.1, -0.05) is 6.42 Å². The summed E-state index contributed by atoms with van der Waals surface area (Å²) in [7, 11) is 0. The van der Waals surface area contributed by atoms with E-state index in [1.165, 1.54) is 12.8 Å². The number of terminal acetylenes is 1. The minimum atomic E-state index is -0.347. The molecule has 0 aliphatic carbocycles. The molecule has 0 amide bonds. The van der Waals surface area contributed by atoms with Gasteiger partial charge in [-0.05, 0) is 19.4 Å². The van der Waals surface area contributed by atoms with E-state index in [0.29, 0.717) is 6.42 Å². The van der Waals surface area contributed by atoms with Crippen LogP contribution in [0.3, 0.4) is 0 Å². The van der Waals surface area contributed by atoms with Crippen molar-refractivity contribution in [3.8, 4) is 12.3 Å². The van der Waals surface area contributed by atoms with E-state index in [1.54, 1.807) is 0 Å². The summed E-state index contributed by atoms with van der Waals surface area (Å²) in [5.41, 5.74) is 0. The van der Waals surface area contributed by atoms with E-state index in [-0.39, 0.29) is 12.1 Å². The smallest absolute Gasteiger partial charge is 0.0802 e. The molecule has 2 unspecified atom stereocenters. The van der Waals surface area contributed by atoms with Crippen LogP contribution in [0.1, 0.15) is 25.7 Å². The Morgan fingerprint density at radius 1 is 1.64 bits per heavy atom. The van der Waals surface area contributed by atoms with E-state index < -0.39 is 0 Å². The first-order chi connectivity index (χ1) is 5.34. The van der Waals surface area contributed by atoms with Crippen molar-refractivity contribution in [1.82, 2.24) is 5.32 Å². The highest BCUT2D eigenvalue weighted by atomic mass is 16.3. The molecule has 1 fully saturated rings. The van der Waals surface area contributed by atoms with Crippen LogP contribution in [0.2, 0.25) is 0 Å². The molecule has 0 aromatic carbocycles. The van der Waals surface area contributed by atoms with Gasteiger partial charge in [0.05, 0.1) is 6.10 Å². The van der Waals surface area contributed by atoms with Crippen LogP contribution >= 0.6 is 0 Å². The summed E-state index contributed by atoms with van der Waals surface area (Å²) in [6.07, 6.45) is 8.71. The molecule has 0 aromatic rings. The fourth-order valence-electron chi connectivity index (χ4n) is 1.47. The Morgan fingerprint density at radius 2 is 2.45 bits per heavy atom. The summed E-state index contributed by atoms with van der Waals surface area (Å²) in [4.78, 5) is 0. The van der Waals surface area contributed by atoms with Gasteiger partial charge in [0.2, 0.25) is 0 Å². The number of hydrogen-bond acceptors (Lipinski definition) is 2. The standard InChI is InChI=1S/C9H15NO/c1-2-5-9(11)8-6-3-4-7-10-8/h1,8-11H,3-7H2. The van der Waals surface area contributed by atoms with Gasteiger partial charge in [0.25, 0.3) is 0 Å². The van der Waals surface area contributed by atoms with Crippen molar-refractivity contribution >= 4 is 0 Å². The van der Waals surface area contributed by atoms with Crippen molar-refractivity contribution in [3.05, 3.63) is 0 Å². The SMILES string of the molecule is C#CCC(O)C1CCCCN1. The van der Waals surface area contributed by atoms with Crippen LogP contribution < -0.4 is 5.32 Å². The number of rotatable bonds is 2. The normalized spacial score (nSPS) is 27.5. The third-order valence-electron chi connectivity index (χ3n) is 2.14. The minimum absolute atomic E-state index is 0.236. The van der Waals surface area contributed by atoms with Crippen molar-refractivity contribution in [1.29, 1.82) is 0 Å². The van der Waals surface area contributed by atoms with E-state index in [0.717, 1.165) is 13.0 Å². The maximum atomic E-state index is 9.47. The minimum Gasteiger partial charge on any atom is -0.391 e. The average Bonchev–Trinajstić information content (AvgIpc) is 2.07. The summed E-state index contributed by atoms with van der Waals surface area (Å²) < 4.78 is 0. The van der Waals surface area contributed by atoms with Gasteiger partial charge < -0.3 is 10.4 Å². The van der Waals surface area contributed by atoms with Gasteiger partial charge in [0.1, 0.15) is 0 Å². The van der Waals surface area contributed by atoms with Crippen LogP contribution in [0.5, 0.6) is 0 Å². The van der Waals surface area contributed by atoms with E-state index in [2.05, 4.69) is 11.2 Å². The summed E-state index contributed by atoms with van der Waals surface area (Å²) in [5.74, 6) is 2.47. The second kappa shape index (κ2) is 4.38. The number of aliphatic hydroxyl groups is 1. The molecule has 2 atom stereocenters. The topological polar surface area (TPSA) is 32.3 Å². The van der Waals surface area contributed by atoms with Crippen LogP contribution in [-0.4, -0.2) is 23.8 Å². The predicted octanol–water partition coefficient (Wildman–Crippen LogP) is 0.513. The lowest BCUT2D eigenvalue weighted by atomic mass is 9.98. The summed E-state index contributed by atoms with van der Waals surface area (Å²) in [5, 5.41) is 12.7. The van der Waals surface area contributed by atoms with E-state index >= 15 is 0 Å². The lowest BCUT2D eigenvalue weighted by molar-refractivity contribution is 0.117. The van der Waals surface area contributed by atoms with Crippen LogP contribution in [0.4, 0.5) is 0 Å². The lowest BCUT2D eigenvalue weighted by Crippen LogP contribution is -2.42. The van der Waals surface area contributed by atoms with Crippen molar-refractivity contribution in [2.24, 2.45) is 0 Å². The van der Waals surface area contributed by atoms with Gasteiger partial charge in [0, 0.05) is 12.5 Å². The molecule has 0 spiro atoms. The Morgan fingerprint density at radius 3 is 3.00 bits per heavy atom. The molecule has 1 rings (SSSR count). The Kier molecular flexibility index (Phi) is 3.41. The number of hydrogen-bond donors (Lipinski definition) is 2. The zero-order valence-electron chi connectivity index (χ0n) is 6.71. The Bertz CT molecular complexity index is 144. The number of piperidine rings is 1. The highest BCUT2D eigenvalue weighted by Crippen LogP contribution is 2.11. The molecule has 0 bridgehead atoms. The molecular weight excluding hydrogens is 138 g/mol. The zero-order chi connectivity index (χ0) is 8.10. The van der Waals surface area contributed by atoms with E-state index in [9.17, 15) is 5.11 Å². The first kappa shape index (κ1) is 8.58. The van der Waals surface area contributed by atoms with Crippen LogP contribution in [0, 0.1) is 12.3 Å². The highest BCUT2D eigenvalue weighted by molar-refractivity contribution is 4.91. The molecule has 1 aliphatic heterocycles. The maximum Gasteiger partial charge on any atom is 0.0802 e. The van der Waals surface area contributed by atoms with Gasteiger partial charge >= 0.3 is 0 Å². The molecule has 1 aliphatic rings. The van der Waals surface area contributed by atoms with Crippen molar-refractivity contribution in [2.45, 2.75) is 37.8 Å². The second-order valence-electron chi connectivity index (χ2n) is 3.03. The first-order valence-electron chi connectivity index (χ1n) is 4.19. The molecular formula is C9H15NO. The van der Waals surface area contributed by atoms with E-state index in [1.807, 2.05) is 0 Å². The highest BCUT2D eigenvalue weighted by Gasteiger charge is 2.19. The molecule has 2 nitrogen and oxygen atoms in total. The van der Waals surface area contributed by atoms with Crippen molar-refractivity contribution < 1.29 is 5.11 Å². The Hall–Kier alpha value is -0.520. The van der Waals surface area contributed by atoms with Gasteiger partial charge in [-0.3, -0.25) is 0 Å². The molecule has 0 saturated carbocycles. The summed E-state index contributed by atoms with van der Waals surface area (Å²) in [6.45, 7) is 1.02. The van der Waals surface area contributed by atoms with E-state index in [4.69, 9.17) is 6.42 Å². The Labute approximate surface area is 68.0 Å². The summed E-state index contributed by atoms with van der Waals surface area (Å²) in [6, 6.07) is 0.236. The van der Waals surface area contributed by atoms with Crippen molar-refractivity contribution in [2.75, 3.05) is 6.54 Å². The number of aliphatic hydroxyl groups excluding tert-OH is 1. The monoisotopic (exact) mass is 153 g/mol. The molecule has 1 saturated heterocycles. The molecule has 0 aromatic heterocycles. The van der Waals surface area contributed by atoms with Gasteiger partial charge in [-0.15, -0.1) is 12.3 Å². The third kappa shape index (κ3) is 2.53. The molecule has 2 heteroatoms. The third-order valence-corrected chi connectivity index (χ3v) is 2.14. The van der Waals surface area contributed by atoms with Crippen LogP contribution in [0.25, 0.3) is 0 Å². The van der Waals surface area contributed by atoms with Gasteiger partial charge in [-0.25, -0.2) is 0 Å². The maximum absolute atomic E-state index is 9.47. The first-order valence-corrected chi connectivity index (χ1v) is 4.19. The molecule has 2 N–H and O–H groups in total. The zero-order valence-corrected chi connectivity index (χ0v) is 6.71. The second-order valence-corrected chi connectivity index (χ2v) is 3.03. The Balaban J connectivity index is 2.27. The average molecular weight is 153 g/mol. The quantitative estimate of drug-likeness (QED) is 0.567. The largest absolute Gasteiger partial charge is 0.391 e. The van der Waals surface area contributed by atoms with Gasteiger partial charge in [-0.2, -0.15) is 0 Å². The van der Waals surface area contributed by atoms with Gasteiger partial charge in [0.15, 0.2) is 0 Å². The molecule has 1 heterocycles. The van der Waals surface area contributed by atoms with Crippen LogP contribution in [0.15, 0.2) is 0 Å². The summed E-state index contributed by atoms with van der Waals surface area (Å²) >= 11 is 0. The fourth-order valence-corrected chi connectivity index (χ4v) is 1.47.